The van der Waals surface area contributed by atoms with Crippen LogP contribution < -0.4 is 9.62 Å². The molecule has 2 fully saturated rings. The van der Waals surface area contributed by atoms with E-state index in [4.69, 9.17) is 9.40 Å². The summed E-state index contributed by atoms with van der Waals surface area (Å²) in [6.45, 7) is 3.22. The fourth-order valence-electron chi connectivity index (χ4n) is 5.77. The Kier molecular flexibility index (Phi) is 7.25. The van der Waals surface area contributed by atoms with Gasteiger partial charge in [-0.15, -0.1) is 0 Å². The average molecular weight is 621 g/mol. The summed E-state index contributed by atoms with van der Waals surface area (Å²) in [5, 5.41) is 0. The molecule has 228 valence electrons. The molecule has 1 aliphatic carbocycles. The van der Waals surface area contributed by atoms with Gasteiger partial charge in [0.15, 0.2) is 5.82 Å². The number of nitrogens with one attached hydrogen (secondary N) is 1. The number of anilines is 2. The standard InChI is InChI=1S/C30H30F2N8O3S/c1-38(21-6-9-39(10-7-21)15-19-2-3-19)30-35-14-26-28(36-30)23(20-12-33-18-34-13-20)16-40(26)29-24(31)4-5-25(27(29)32)37-44(41,42)22-8-11-43-17-22/h4-5,8,11-14,16-19,21,37H,2-3,6-7,9-10,15H2,1H3. The predicted octanol–water partition coefficient (Wildman–Crippen LogP) is 4.86. The molecule has 0 amide bonds. The van der Waals surface area contributed by atoms with E-state index in [0.29, 0.717) is 28.1 Å². The van der Waals surface area contributed by atoms with Crippen molar-refractivity contribution in [1.29, 1.82) is 0 Å². The van der Waals surface area contributed by atoms with Gasteiger partial charge in [0.2, 0.25) is 5.95 Å². The highest BCUT2D eigenvalue weighted by Crippen LogP contribution is 2.36. The van der Waals surface area contributed by atoms with Crippen molar-refractivity contribution in [3.8, 4) is 16.8 Å². The Balaban J connectivity index is 1.27. The minimum Gasteiger partial charge on any atom is -0.471 e. The van der Waals surface area contributed by atoms with Crippen molar-refractivity contribution in [1.82, 2.24) is 29.4 Å². The minimum atomic E-state index is -4.18. The van der Waals surface area contributed by atoms with E-state index in [2.05, 4.69) is 29.5 Å². The van der Waals surface area contributed by atoms with Crippen LogP contribution in [0.1, 0.15) is 25.7 Å². The van der Waals surface area contributed by atoms with E-state index in [0.717, 1.165) is 50.2 Å². The number of fused-ring (bicyclic) bond motifs is 1. The van der Waals surface area contributed by atoms with Gasteiger partial charge in [-0.2, -0.15) is 0 Å². The highest BCUT2D eigenvalue weighted by Gasteiger charge is 2.30. The maximum atomic E-state index is 16.0. The van der Waals surface area contributed by atoms with Crippen molar-refractivity contribution in [3.05, 3.63) is 73.5 Å². The second kappa shape index (κ2) is 11.2. The van der Waals surface area contributed by atoms with Crippen molar-refractivity contribution >= 4 is 32.7 Å². The van der Waals surface area contributed by atoms with Crippen molar-refractivity contribution in [2.24, 2.45) is 5.92 Å². The maximum absolute atomic E-state index is 16.0. The molecule has 7 rings (SSSR count). The molecule has 4 aromatic heterocycles. The Bertz CT molecular complexity index is 1910. The molecule has 1 aliphatic heterocycles. The molecular formula is C30H30F2N8O3S. The third-order valence-corrected chi connectivity index (χ3v) is 9.73. The number of hydrogen-bond acceptors (Lipinski definition) is 9. The zero-order chi connectivity index (χ0) is 30.4. The van der Waals surface area contributed by atoms with Gasteiger partial charge < -0.3 is 18.8 Å². The number of sulfonamides is 1. The Hall–Kier alpha value is -4.43. The quantitative estimate of drug-likeness (QED) is 0.246. The third-order valence-electron chi connectivity index (χ3n) is 8.39. The van der Waals surface area contributed by atoms with Crippen LogP contribution in [0.4, 0.5) is 20.4 Å². The molecule has 0 radical (unpaired) electrons. The average Bonchev–Trinajstić information content (AvgIpc) is 3.51. The molecular weight excluding hydrogens is 590 g/mol. The van der Waals surface area contributed by atoms with E-state index < -0.39 is 33.0 Å². The van der Waals surface area contributed by atoms with Crippen molar-refractivity contribution in [2.75, 3.05) is 36.3 Å². The molecule has 2 aliphatic rings. The van der Waals surface area contributed by atoms with Gasteiger partial charge in [0, 0.05) is 62.4 Å². The number of likely N-dealkylation sites (tertiary alicyclic amines) is 1. The lowest BCUT2D eigenvalue weighted by Crippen LogP contribution is -2.44. The molecule has 0 spiro atoms. The Morgan fingerprint density at radius 1 is 1.07 bits per heavy atom. The summed E-state index contributed by atoms with van der Waals surface area (Å²) in [4.78, 5) is 22.1. The SMILES string of the molecule is CN(c1ncc2c(n1)c(-c1cncnc1)cn2-c1c(F)ccc(NS(=O)(=O)c2ccoc2)c1F)C1CCN(CC2CC2)CC1. The van der Waals surface area contributed by atoms with Gasteiger partial charge in [0.05, 0.1) is 23.7 Å². The van der Waals surface area contributed by atoms with Crippen LogP contribution >= 0.6 is 0 Å². The number of furan rings is 1. The van der Waals surface area contributed by atoms with Crippen molar-refractivity contribution < 1.29 is 21.6 Å². The number of hydrogen-bond donors (Lipinski definition) is 1. The van der Waals surface area contributed by atoms with Gasteiger partial charge in [-0.05, 0) is 49.8 Å². The van der Waals surface area contributed by atoms with Gasteiger partial charge in [0.25, 0.3) is 10.0 Å². The summed E-state index contributed by atoms with van der Waals surface area (Å²) in [5.41, 5.74) is 0.992. The molecule has 1 saturated carbocycles. The zero-order valence-corrected chi connectivity index (χ0v) is 24.7. The molecule has 0 atom stereocenters. The van der Waals surface area contributed by atoms with Crippen LogP contribution in [0, 0.1) is 17.6 Å². The number of piperidine rings is 1. The first-order chi connectivity index (χ1) is 21.3. The monoisotopic (exact) mass is 620 g/mol. The van der Waals surface area contributed by atoms with E-state index in [-0.39, 0.29) is 10.9 Å². The molecule has 11 nitrogen and oxygen atoms in total. The van der Waals surface area contributed by atoms with Gasteiger partial charge in [-0.1, -0.05) is 0 Å². The number of halogens is 2. The molecule has 1 N–H and O–H groups in total. The second-order valence-corrected chi connectivity index (χ2v) is 13.0. The van der Waals surface area contributed by atoms with Gasteiger partial charge in [-0.25, -0.2) is 37.1 Å². The summed E-state index contributed by atoms with van der Waals surface area (Å²) >= 11 is 0. The van der Waals surface area contributed by atoms with Crippen LogP contribution in [0.3, 0.4) is 0 Å². The normalized spacial score (nSPS) is 16.4. The highest BCUT2D eigenvalue weighted by atomic mass is 32.2. The fourth-order valence-corrected chi connectivity index (χ4v) is 6.75. The van der Waals surface area contributed by atoms with Gasteiger partial charge >= 0.3 is 0 Å². The van der Waals surface area contributed by atoms with Gasteiger partial charge in [-0.3, -0.25) is 4.72 Å². The van der Waals surface area contributed by atoms with Crippen LogP contribution in [0.5, 0.6) is 0 Å². The molecule has 44 heavy (non-hydrogen) atoms. The highest BCUT2D eigenvalue weighted by molar-refractivity contribution is 7.92. The molecule has 5 heterocycles. The van der Waals surface area contributed by atoms with E-state index in [1.54, 1.807) is 12.4 Å². The van der Waals surface area contributed by atoms with E-state index in [1.165, 1.54) is 55.0 Å². The molecule has 0 unspecified atom stereocenters. The number of rotatable bonds is 9. The van der Waals surface area contributed by atoms with Crippen molar-refractivity contribution in [3.63, 3.8) is 0 Å². The zero-order valence-electron chi connectivity index (χ0n) is 23.9. The largest absolute Gasteiger partial charge is 0.471 e. The molecule has 1 aromatic carbocycles. The first-order valence-corrected chi connectivity index (χ1v) is 15.9. The molecule has 0 bridgehead atoms. The first-order valence-electron chi connectivity index (χ1n) is 14.4. The second-order valence-electron chi connectivity index (χ2n) is 11.4. The number of nitrogens with zero attached hydrogens (tertiary/aromatic N) is 7. The summed E-state index contributed by atoms with van der Waals surface area (Å²) in [6.07, 6.45) is 14.5. The number of aromatic nitrogens is 5. The molecule has 5 aromatic rings. The first kappa shape index (κ1) is 28.3. The Morgan fingerprint density at radius 2 is 1.84 bits per heavy atom. The fraction of sp³-hybridized carbons (Fsp3) is 0.333. The minimum absolute atomic E-state index is 0.195. The van der Waals surface area contributed by atoms with Crippen LogP contribution in [0.15, 0.2) is 71.2 Å². The van der Waals surface area contributed by atoms with Crippen LogP contribution in [-0.2, 0) is 10.0 Å². The van der Waals surface area contributed by atoms with Gasteiger partial charge in [0.1, 0.15) is 34.5 Å². The number of benzene rings is 1. The Morgan fingerprint density at radius 3 is 2.55 bits per heavy atom. The topological polar surface area (TPSA) is 122 Å². The summed E-state index contributed by atoms with van der Waals surface area (Å²) in [6, 6.07) is 3.51. The smallest absolute Gasteiger partial charge is 0.265 e. The lowest BCUT2D eigenvalue weighted by molar-refractivity contribution is 0.203. The Labute approximate surface area is 252 Å². The van der Waals surface area contributed by atoms with Crippen LogP contribution in [-0.4, -0.2) is 70.5 Å². The maximum Gasteiger partial charge on any atom is 0.265 e. The summed E-state index contributed by atoms with van der Waals surface area (Å²) < 4.78 is 65.3. The third kappa shape index (κ3) is 5.39. The van der Waals surface area contributed by atoms with Crippen LogP contribution in [0.2, 0.25) is 0 Å². The van der Waals surface area contributed by atoms with Crippen LogP contribution in [0.25, 0.3) is 27.8 Å². The van der Waals surface area contributed by atoms with Crippen molar-refractivity contribution in [2.45, 2.75) is 36.6 Å². The molecule has 14 heteroatoms. The lowest BCUT2D eigenvalue weighted by atomic mass is 10.0. The van der Waals surface area contributed by atoms with E-state index in [9.17, 15) is 8.42 Å². The predicted molar refractivity (Wildman–Crippen MR) is 160 cm³/mol. The molecule has 1 saturated heterocycles. The lowest BCUT2D eigenvalue weighted by Gasteiger charge is -2.36. The van der Waals surface area contributed by atoms with E-state index in [1.807, 2.05) is 7.05 Å². The summed E-state index contributed by atoms with van der Waals surface area (Å²) in [5.74, 6) is -0.660. The summed E-state index contributed by atoms with van der Waals surface area (Å²) in [7, 11) is -2.21. The van der Waals surface area contributed by atoms with E-state index >= 15 is 8.78 Å².